The summed E-state index contributed by atoms with van der Waals surface area (Å²) in [6.07, 6.45) is 3.97. The Kier molecular flexibility index (Phi) is 3.78. The quantitative estimate of drug-likeness (QED) is 0.741. The number of para-hydroxylation sites is 2. The molecule has 1 aliphatic rings. The van der Waals surface area contributed by atoms with E-state index in [1.54, 1.807) is 11.1 Å². The number of rotatable bonds is 3. The second-order valence-electron chi connectivity index (χ2n) is 5.69. The molecule has 1 atom stereocenters. The SMILES string of the molecule is O=C(c1cnc2ccccc2n1)N1CC[C@@H](Oc2ccccn2)C1. The molecule has 0 spiro atoms. The van der Waals surface area contributed by atoms with Gasteiger partial charge in [0.2, 0.25) is 5.88 Å². The van der Waals surface area contributed by atoms with Crippen molar-refractivity contribution in [1.82, 2.24) is 19.9 Å². The van der Waals surface area contributed by atoms with E-state index in [2.05, 4.69) is 15.0 Å². The number of benzene rings is 1. The Morgan fingerprint density at radius 1 is 1.08 bits per heavy atom. The van der Waals surface area contributed by atoms with Gasteiger partial charge in [0.1, 0.15) is 11.8 Å². The van der Waals surface area contributed by atoms with Crippen molar-refractivity contribution >= 4 is 16.9 Å². The second-order valence-corrected chi connectivity index (χ2v) is 5.69. The summed E-state index contributed by atoms with van der Waals surface area (Å²) in [5.74, 6) is 0.475. The zero-order valence-electron chi connectivity index (χ0n) is 13.0. The van der Waals surface area contributed by atoms with Gasteiger partial charge in [-0.15, -0.1) is 0 Å². The fourth-order valence-corrected chi connectivity index (χ4v) is 2.82. The molecule has 4 rings (SSSR count). The van der Waals surface area contributed by atoms with Gasteiger partial charge in [-0.05, 0) is 18.2 Å². The number of fused-ring (bicyclic) bond motifs is 1. The highest BCUT2D eigenvalue weighted by Gasteiger charge is 2.29. The smallest absolute Gasteiger partial charge is 0.274 e. The van der Waals surface area contributed by atoms with Crippen LogP contribution in [0.5, 0.6) is 5.88 Å². The molecule has 0 radical (unpaired) electrons. The maximum atomic E-state index is 12.6. The number of ether oxygens (including phenoxy) is 1. The van der Waals surface area contributed by atoms with Gasteiger partial charge in [-0.1, -0.05) is 18.2 Å². The average Bonchev–Trinajstić information content (AvgIpc) is 3.10. The minimum Gasteiger partial charge on any atom is -0.472 e. The first-order valence-corrected chi connectivity index (χ1v) is 7.88. The van der Waals surface area contributed by atoms with Crippen LogP contribution in [0.4, 0.5) is 0 Å². The molecular weight excluding hydrogens is 304 g/mol. The molecule has 1 fully saturated rings. The normalized spacial score (nSPS) is 17.2. The molecule has 1 aromatic carbocycles. The summed E-state index contributed by atoms with van der Waals surface area (Å²) in [6.45, 7) is 1.18. The van der Waals surface area contributed by atoms with Crippen molar-refractivity contribution in [3.05, 3.63) is 60.6 Å². The summed E-state index contributed by atoms with van der Waals surface area (Å²) in [7, 11) is 0. The van der Waals surface area contributed by atoms with Crippen LogP contribution in [0.25, 0.3) is 11.0 Å². The molecule has 3 aromatic rings. The van der Waals surface area contributed by atoms with Crippen molar-refractivity contribution in [2.45, 2.75) is 12.5 Å². The first-order valence-electron chi connectivity index (χ1n) is 7.88. The highest BCUT2D eigenvalue weighted by atomic mass is 16.5. The zero-order valence-corrected chi connectivity index (χ0v) is 13.0. The predicted molar refractivity (Wildman–Crippen MR) is 88.7 cm³/mol. The summed E-state index contributed by atoms with van der Waals surface area (Å²) in [5.41, 5.74) is 1.88. The summed E-state index contributed by atoms with van der Waals surface area (Å²) in [6, 6.07) is 13.1. The summed E-state index contributed by atoms with van der Waals surface area (Å²) >= 11 is 0. The van der Waals surface area contributed by atoms with Gasteiger partial charge in [0, 0.05) is 25.2 Å². The van der Waals surface area contributed by atoms with Crippen molar-refractivity contribution in [3.8, 4) is 5.88 Å². The van der Waals surface area contributed by atoms with Gasteiger partial charge < -0.3 is 9.64 Å². The van der Waals surface area contributed by atoms with Crippen molar-refractivity contribution < 1.29 is 9.53 Å². The van der Waals surface area contributed by atoms with Crippen LogP contribution in [-0.2, 0) is 0 Å². The zero-order chi connectivity index (χ0) is 16.4. The summed E-state index contributed by atoms with van der Waals surface area (Å²) < 4.78 is 5.82. The molecule has 0 bridgehead atoms. The molecule has 1 aliphatic heterocycles. The highest BCUT2D eigenvalue weighted by molar-refractivity contribution is 5.94. The van der Waals surface area contributed by atoms with Crippen LogP contribution in [0.2, 0.25) is 0 Å². The molecule has 1 amide bonds. The fraction of sp³-hybridized carbons (Fsp3) is 0.222. The van der Waals surface area contributed by atoms with E-state index in [0.29, 0.717) is 24.7 Å². The molecular formula is C18H16N4O2. The molecule has 2 aromatic heterocycles. The third-order valence-electron chi connectivity index (χ3n) is 4.03. The Bertz CT molecular complexity index is 869. The molecule has 1 saturated heterocycles. The maximum Gasteiger partial charge on any atom is 0.274 e. The number of aromatic nitrogens is 3. The Labute approximate surface area is 139 Å². The number of carbonyl (C=O) groups is 1. The Balaban J connectivity index is 1.46. The number of carbonyl (C=O) groups excluding carboxylic acids is 1. The van der Waals surface area contributed by atoms with E-state index >= 15 is 0 Å². The van der Waals surface area contributed by atoms with Crippen LogP contribution in [0.15, 0.2) is 54.9 Å². The number of hydrogen-bond donors (Lipinski definition) is 0. The van der Waals surface area contributed by atoms with E-state index in [1.165, 1.54) is 6.20 Å². The van der Waals surface area contributed by atoms with Gasteiger partial charge in [0.25, 0.3) is 5.91 Å². The third kappa shape index (κ3) is 2.90. The predicted octanol–water partition coefficient (Wildman–Crippen LogP) is 2.32. The van der Waals surface area contributed by atoms with Gasteiger partial charge in [0.05, 0.1) is 23.8 Å². The van der Waals surface area contributed by atoms with Crippen molar-refractivity contribution in [1.29, 1.82) is 0 Å². The lowest BCUT2D eigenvalue weighted by Crippen LogP contribution is -2.31. The lowest BCUT2D eigenvalue weighted by atomic mass is 10.3. The van der Waals surface area contributed by atoms with Crippen LogP contribution in [0.3, 0.4) is 0 Å². The van der Waals surface area contributed by atoms with E-state index < -0.39 is 0 Å². The highest BCUT2D eigenvalue weighted by Crippen LogP contribution is 2.18. The van der Waals surface area contributed by atoms with Crippen LogP contribution in [-0.4, -0.2) is 45.0 Å². The number of amides is 1. The van der Waals surface area contributed by atoms with Crippen molar-refractivity contribution in [2.75, 3.05) is 13.1 Å². The first kappa shape index (κ1) is 14.6. The van der Waals surface area contributed by atoms with Crippen LogP contribution in [0, 0.1) is 0 Å². The summed E-state index contributed by atoms with van der Waals surface area (Å²) in [5, 5.41) is 0. The van der Waals surface area contributed by atoms with E-state index in [-0.39, 0.29) is 12.0 Å². The monoisotopic (exact) mass is 320 g/mol. The Morgan fingerprint density at radius 3 is 2.75 bits per heavy atom. The van der Waals surface area contributed by atoms with E-state index in [1.807, 2.05) is 42.5 Å². The molecule has 0 saturated carbocycles. The largest absolute Gasteiger partial charge is 0.472 e. The molecule has 6 nitrogen and oxygen atoms in total. The van der Waals surface area contributed by atoms with Crippen molar-refractivity contribution in [2.24, 2.45) is 0 Å². The number of likely N-dealkylation sites (tertiary alicyclic amines) is 1. The molecule has 6 heteroatoms. The van der Waals surface area contributed by atoms with Crippen molar-refractivity contribution in [3.63, 3.8) is 0 Å². The Hall–Kier alpha value is -3.02. The summed E-state index contributed by atoms with van der Waals surface area (Å²) in [4.78, 5) is 27.3. The van der Waals surface area contributed by atoms with E-state index in [0.717, 1.165) is 17.5 Å². The van der Waals surface area contributed by atoms with Gasteiger partial charge in [-0.2, -0.15) is 0 Å². The lowest BCUT2D eigenvalue weighted by molar-refractivity contribution is 0.0765. The van der Waals surface area contributed by atoms with Gasteiger partial charge in [0.15, 0.2) is 0 Å². The maximum absolute atomic E-state index is 12.6. The molecule has 120 valence electrons. The van der Waals surface area contributed by atoms with Gasteiger partial charge >= 0.3 is 0 Å². The fourth-order valence-electron chi connectivity index (χ4n) is 2.82. The molecule has 24 heavy (non-hydrogen) atoms. The molecule has 0 unspecified atom stereocenters. The number of pyridine rings is 1. The minimum atomic E-state index is -0.111. The molecule has 0 aliphatic carbocycles. The number of hydrogen-bond acceptors (Lipinski definition) is 5. The topological polar surface area (TPSA) is 68.2 Å². The lowest BCUT2D eigenvalue weighted by Gasteiger charge is -2.16. The van der Waals surface area contributed by atoms with E-state index in [4.69, 9.17) is 4.74 Å². The first-order chi connectivity index (χ1) is 11.8. The average molecular weight is 320 g/mol. The number of nitrogens with zero attached hydrogens (tertiary/aromatic N) is 4. The van der Waals surface area contributed by atoms with Crippen LogP contribution < -0.4 is 4.74 Å². The van der Waals surface area contributed by atoms with E-state index in [9.17, 15) is 4.79 Å². The van der Waals surface area contributed by atoms with Gasteiger partial charge in [-0.25, -0.2) is 9.97 Å². The molecule has 3 heterocycles. The standard InChI is InChI=1S/C18H16N4O2/c23-18(16-11-20-14-5-1-2-6-15(14)21-16)22-10-8-13(12-22)24-17-7-3-4-9-19-17/h1-7,9,11,13H,8,10,12H2/t13-/m1/s1. The molecule has 0 N–H and O–H groups in total. The second kappa shape index (κ2) is 6.23. The Morgan fingerprint density at radius 2 is 1.92 bits per heavy atom. The van der Waals surface area contributed by atoms with Crippen LogP contribution in [0.1, 0.15) is 16.9 Å². The minimum absolute atomic E-state index is 0.0442. The van der Waals surface area contributed by atoms with Crippen LogP contribution >= 0.6 is 0 Å². The third-order valence-corrected chi connectivity index (χ3v) is 4.03. The van der Waals surface area contributed by atoms with Gasteiger partial charge in [-0.3, -0.25) is 9.78 Å².